The number of benzene rings is 1. The Labute approximate surface area is 230 Å². The topological polar surface area (TPSA) is 161 Å². The van der Waals surface area contributed by atoms with E-state index >= 15 is 4.39 Å². The van der Waals surface area contributed by atoms with Crippen LogP contribution in [0.2, 0.25) is 0 Å². The normalized spacial score (nSPS) is 27.6. The molecule has 1 aromatic rings. The van der Waals surface area contributed by atoms with Crippen molar-refractivity contribution in [2.75, 3.05) is 20.7 Å². The van der Waals surface area contributed by atoms with Gasteiger partial charge in [-0.25, -0.2) is 8.96 Å². The lowest BCUT2D eigenvalue weighted by Crippen LogP contribution is -2.51. The second-order valence-corrected chi connectivity index (χ2v) is 11.4. The van der Waals surface area contributed by atoms with E-state index in [1.807, 2.05) is 0 Å². The van der Waals surface area contributed by atoms with Crippen molar-refractivity contribution in [2.24, 2.45) is 0 Å². The zero-order valence-corrected chi connectivity index (χ0v) is 23.6. The molecule has 40 heavy (non-hydrogen) atoms. The van der Waals surface area contributed by atoms with Gasteiger partial charge in [0.2, 0.25) is 5.91 Å². The SMILES string of the molecule is C[C@H](NP(=O)(OC[C@H]1O[C@@H](N2C=CC(=O)CC2=O)[C@](C)(F)[C@@H]1O)Oc1ccccc1)C(=O)O[C@@H](C)C(=O)N(C)C. The molecule has 0 radical (unpaired) electrons. The van der Waals surface area contributed by atoms with Gasteiger partial charge < -0.3 is 24.0 Å². The summed E-state index contributed by atoms with van der Waals surface area (Å²) in [6.45, 7) is 3.03. The number of likely N-dealkylation sites (N-methyl/N-ethyl adjacent to an activating group) is 1. The van der Waals surface area contributed by atoms with Gasteiger partial charge in [-0.05, 0) is 39.0 Å². The first-order valence-corrected chi connectivity index (χ1v) is 13.9. The van der Waals surface area contributed by atoms with E-state index in [1.165, 1.54) is 45.0 Å². The van der Waals surface area contributed by atoms with E-state index in [2.05, 4.69) is 5.09 Å². The zero-order valence-electron chi connectivity index (χ0n) is 22.7. The van der Waals surface area contributed by atoms with Gasteiger partial charge in [0.1, 0.15) is 24.0 Å². The van der Waals surface area contributed by atoms with Crippen molar-refractivity contribution in [1.82, 2.24) is 14.9 Å². The number of carbonyl (C=O) groups excluding carboxylic acids is 4. The third kappa shape index (κ3) is 7.32. The molecule has 13 nitrogen and oxygen atoms in total. The quantitative estimate of drug-likeness (QED) is 0.219. The van der Waals surface area contributed by atoms with E-state index in [1.54, 1.807) is 18.2 Å². The van der Waals surface area contributed by atoms with E-state index in [0.717, 1.165) is 24.1 Å². The zero-order chi connectivity index (χ0) is 29.8. The van der Waals surface area contributed by atoms with Gasteiger partial charge in [0.25, 0.3) is 5.91 Å². The molecule has 15 heteroatoms. The van der Waals surface area contributed by atoms with E-state index in [0.29, 0.717) is 0 Å². The summed E-state index contributed by atoms with van der Waals surface area (Å²) < 4.78 is 51.0. The van der Waals surface area contributed by atoms with Gasteiger partial charge in [-0.1, -0.05) is 18.2 Å². The first kappa shape index (κ1) is 31.4. The molecule has 0 saturated carbocycles. The fourth-order valence-corrected chi connectivity index (χ4v) is 5.47. The average Bonchev–Trinajstić information content (AvgIpc) is 3.10. The number of nitrogens with one attached hydrogen (secondary N) is 1. The molecule has 0 aromatic heterocycles. The van der Waals surface area contributed by atoms with Crippen LogP contribution >= 0.6 is 7.75 Å². The molecule has 2 aliphatic rings. The number of aliphatic hydroxyl groups is 1. The van der Waals surface area contributed by atoms with Crippen LogP contribution in [0, 0.1) is 0 Å². The number of ketones is 1. The van der Waals surface area contributed by atoms with Crippen molar-refractivity contribution in [3.8, 4) is 5.75 Å². The first-order valence-electron chi connectivity index (χ1n) is 12.4. The van der Waals surface area contributed by atoms with Gasteiger partial charge in [-0.15, -0.1) is 0 Å². The van der Waals surface area contributed by atoms with Gasteiger partial charge in [-0.2, -0.15) is 5.09 Å². The third-order valence-electron chi connectivity index (χ3n) is 6.17. The number of amides is 2. The molecular weight excluding hydrogens is 552 g/mol. The Morgan fingerprint density at radius 3 is 2.52 bits per heavy atom. The van der Waals surface area contributed by atoms with Crippen molar-refractivity contribution < 1.29 is 51.8 Å². The summed E-state index contributed by atoms with van der Waals surface area (Å²) in [5, 5.41) is 13.1. The highest BCUT2D eigenvalue weighted by Gasteiger charge is 2.57. The maximum absolute atomic E-state index is 15.5. The van der Waals surface area contributed by atoms with Crippen LogP contribution in [-0.2, 0) is 37.7 Å². The lowest BCUT2D eigenvalue weighted by atomic mass is 9.97. The van der Waals surface area contributed by atoms with Crippen molar-refractivity contribution in [3.63, 3.8) is 0 Å². The first-order chi connectivity index (χ1) is 18.6. The number of hydrogen-bond donors (Lipinski definition) is 2. The minimum atomic E-state index is -4.43. The maximum Gasteiger partial charge on any atom is 0.459 e. The maximum atomic E-state index is 15.5. The molecule has 1 saturated heterocycles. The molecule has 0 aliphatic carbocycles. The Balaban J connectivity index is 1.75. The molecule has 1 aromatic carbocycles. The van der Waals surface area contributed by atoms with Gasteiger partial charge in [0.05, 0.1) is 13.0 Å². The Morgan fingerprint density at radius 1 is 1.27 bits per heavy atom. The molecule has 3 rings (SSSR count). The van der Waals surface area contributed by atoms with Crippen LogP contribution in [0.5, 0.6) is 5.75 Å². The molecule has 7 atom stereocenters. The van der Waals surface area contributed by atoms with Crippen molar-refractivity contribution in [3.05, 3.63) is 42.6 Å². The molecule has 2 heterocycles. The molecule has 2 N–H and O–H groups in total. The Kier molecular flexibility index (Phi) is 9.85. The fraction of sp³-hybridized carbons (Fsp3) is 0.520. The van der Waals surface area contributed by atoms with E-state index in [-0.39, 0.29) is 5.75 Å². The Morgan fingerprint density at radius 2 is 1.93 bits per heavy atom. The van der Waals surface area contributed by atoms with Crippen LogP contribution in [0.15, 0.2) is 42.6 Å². The molecule has 2 amide bonds. The predicted octanol–water partition coefficient (Wildman–Crippen LogP) is 1.32. The lowest BCUT2D eigenvalue weighted by Gasteiger charge is -2.32. The molecule has 1 unspecified atom stereocenters. The number of halogens is 1. The minimum absolute atomic E-state index is 0.102. The number of ether oxygens (including phenoxy) is 2. The molecule has 2 aliphatic heterocycles. The second kappa shape index (κ2) is 12.6. The molecule has 220 valence electrons. The van der Waals surface area contributed by atoms with Crippen LogP contribution in [0.3, 0.4) is 0 Å². The summed E-state index contributed by atoms with van der Waals surface area (Å²) in [4.78, 5) is 50.6. The standard InChI is InChI=1S/C25H33FN3O10P/c1-15(23(34)37-16(2)22(33)28(4)5)27-40(35,39-18-9-7-6-8-10-18)36-14-19-21(32)25(3,26)24(38-19)29-12-11-17(30)13-20(29)31/h6-12,15-16,19,21,24,32H,13-14H2,1-5H3,(H,27,35)/t15-,16-,19+,21+,24+,25+,40?/m0/s1. The largest absolute Gasteiger partial charge is 0.459 e. The lowest BCUT2D eigenvalue weighted by molar-refractivity contribution is -0.159. The second-order valence-electron chi connectivity index (χ2n) is 9.74. The van der Waals surface area contributed by atoms with Crippen molar-refractivity contribution in [2.45, 2.75) is 63.4 Å². The van der Waals surface area contributed by atoms with Crippen molar-refractivity contribution >= 4 is 31.3 Å². The molecular formula is C25H33FN3O10P. The van der Waals surface area contributed by atoms with Gasteiger partial charge >= 0.3 is 13.7 Å². The van der Waals surface area contributed by atoms with Gasteiger partial charge in [0, 0.05) is 20.3 Å². The summed E-state index contributed by atoms with van der Waals surface area (Å²) in [6, 6.07) is 6.54. The number of allylic oxidation sites excluding steroid dienone is 1. The molecule has 0 spiro atoms. The predicted molar refractivity (Wildman–Crippen MR) is 137 cm³/mol. The van der Waals surface area contributed by atoms with Gasteiger partial charge in [0.15, 0.2) is 23.8 Å². The highest BCUT2D eigenvalue weighted by Crippen LogP contribution is 2.46. The minimum Gasteiger partial charge on any atom is -0.451 e. The molecule has 1 fully saturated rings. The monoisotopic (exact) mass is 585 g/mol. The van der Waals surface area contributed by atoms with E-state index in [9.17, 15) is 28.8 Å². The number of hydrogen-bond acceptors (Lipinski definition) is 10. The number of esters is 1. The number of carbonyl (C=O) groups is 4. The summed E-state index contributed by atoms with van der Waals surface area (Å²) in [5.41, 5.74) is -2.49. The van der Waals surface area contributed by atoms with E-state index < -0.39 is 80.6 Å². The Bertz CT molecular complexity index is 1190. The third-order valence-corrected chi connectivity index (χ3v) is 7.81. The van der Waals surface area contributed by atoms with Crippen LogP contribution in [-0.4, -0.2) is 95.4 Å². The summed E-state index contributed by atoms with van der Waals surface area (Å²) in [5.74, 6) is -2.47. The number of rotatable bonds is 11. The summed E-state index contributed by atoms with van der Waals surface area (Å²) >= 11 is 0. The number of aliphatic hydroxyl groups excluding tert-OH is 1. The highest BCUT2D eigenvalue weighted by molar-refractivity contribution is 7.52. The highest BCUT2D eigenvalue weighted by atomic mass is 31.2. The average molecular weight is 586 g/mol. The summed E-state index contributed by atoms with van der Waals surface area (Å²) in [7, 11) is -1.44. The molecule has 0 bridgehead atoms. The van der Waals surface area contributed by atoms with Crippen LogP contribution in [0.1, 0.15) is 27.2 Å². The fourth-order valence-electron chi connectivity index (χ4n) is 3.97. The Hall–Kier alpha value is -3.16. The summed E-state index contributed by atoms with van der Waals surface area (Å²) in [6.07, 6.45) is -4.29. The number of para-hydroxylation sites is 1. The van der Waals surface area contributed by atoms with Gasteiger partial charge in [-0.3, -0.25) is 28.6 Å². The van der Waals surface area contributed by atoms with E-state index in [4.69, 9.17) is 18.5 Å². The number of nitrogens with zero attached hydrogens (tertiary/aromatic N) is 2. The van der Waals surface area contributed by atoms with Crippen LogP contribution in [0.25, 0.3) is 0 Å². The van der Waals surface area contributed by atoms with Crippen molar-refractivity contribution in [1.29, 1.82) is 0 Å². The van der Waals surface area contributed by atoms with Crippen LogP contribution < -0.4 is 9.61 Å². The smallest absolute Gasteiger partial charge is 0.451 e. The number of alkyl halides is 1. The van der Waals surface area contributed by atoms with Crippen LogP contribution in [0.4, 0.5) is 4.39 Å².